The third-order valence-electron chi connectivity index (χ3n) is 9.05. The Morgan fingerprint density at radius 3 is 2.26 bits per heavy atom. The Kier molecular flexibility index (Phi) is 6.76. The summed E-state index contributed by atoms with van der Waals surface area (Å²) in [7, 11) is 1.73. The molecule has 0 aromatic carbocycles. The summed E-state index contributed by atoms with van der Waals surface area (Å²) in [5, 5.41) is 3.54. The van der Waals surface area contributed by atoms with Crippen molar-refractivity contribution in [3.8, 4) is 0 Å². The number of nitrogens with one attached hydrogen (secondary N) is 1. The molecule has 2 heterocycles. The van der Waals surface area contributed by atoms with Gasteiger partial charge in [0.25, 0.3) is 5.91 Å². The zero-order chi connectivity index (χ0) is 22.1. The van der Waals surface area contributed by atoms with Crippen molar-refractivity contribution in [3.05, 3.63) is 0 Å². The van der Waals surface area contributed by atoms with Crippen molar-refractivity contribution >= 4 is 17.7 Å². The quantitative estimate of drug-likeness (QED) is 0.680. The molecule has 2 atom stereocenters. The molecule has 0 bridgehead atoms. The zero-order valence-electron chi connectivity index (χ0n) is 19.6. The highest BCUT2D eigenvalue weighted by Gasteiger charge is 2.57. The third-order valence-corrected chi connectivity index (χ3v) is 9.05. The molecule has 1 N–H and O–H groups in total. The number of urea groups is 1. The summed E-state index contributed by atoms with van der Waals surface area (Å²) in [6.07, 6.45) is 15.2. The van der Waals surface area contributed by atoms with E-state index in [1.807, 2.05) is 6.92 Å². The first kappa shape index (κ1) is 22.8. The summed E-state index contributed by atoms with van der Waals surface area (Å²) >= 11 is 0. The summed E-state index contributed by atoms with van der Waals surface area (Å²) in [6.45, 7) is 3.52. The number of nitrogens with zero attached hydrogens (tertiary/aromatic N) is 2. The van der Waals surface area contributed by atoms with Crippen molar-refractivity contribution in [2.75, 3.05) is 26.7 Å². The second kappa shape index (κ2) is 9.21. The molecule has 4 aliphatic rings. The van der Waals surface area contributed by atoms with Gasteiger partial charge < -0.3 is 10.2 Å². The summed E-state index contributed by atoms with van der Waals surface area (Å²) < 4.78 is 0. The lowest BCUT2D eigenvalue weighted by Crippen LogP contribution is -2.51. The molecule has 4 rings (SSSR count). The van der Waals surface area contributed by atoms with Gasteiger partial charge in [0.15, 0.2) is 5.78 Å². The fraction of sp³-hybridized carbons (Fsp3) is 0.880. The number of hydrogen-bond acceptors (Lipinski definition) is 4. The van der Waals surface area contributed by atoms with E-state index in [9.17, 15) is 14.4 Å². The van der Waals surface area contributed by atoms with Crippen LogP contribution in [-0.4, -0.2) is 59.7 Å². The van der Waals surface area contributed by atoms with Gasteiger partial charge in [-0.05, 0) is 50.4 Å². The van der Waals surface area contributed by atoms with E-state index in [-0.39, 0.29) is 41.5 Å². The molecular weight excluding hydrogens is 390 g/mol. The molecule has 174 valence electrons. The molecule has 6 heteroatoms. The normalized spacial score (nSPS) is 32.9. The van der Waals surface area contributed by atoms with Crippen LogP contribution >= 0.6 is 0 Å². The Labute approximate surface area is 187 Å². The van der Waals surface area contributed by atoms with Crippen molar-refractivity contribution in [2.45, 2.75) is 95.9 Å². The van der Waals surface area contributed by atoms with E-state index >= 15 is 0 Å². The fourth-order valence-electron chi connectivity index (χ4n) is 6.86. The van der Waals surface area contributed by atoms with Crippen LogP contribution in [0.2, 0.25) is 0 Å². The average molecular weight is 432 g/mol. The minimum absolute atomic E-state index is 0.0530. The molecule has 3 amide bonds. The Bertz CT molecular complexity index is 692. The Morgan fingerprint density at radius 1 is 1.00 bits per heavy atom. The van der Waals surface area contributed by atoms with Crippen LogP contribution in [0.4, 0.5) is 4.79 Å². The van der Waals surface area contributed by atoms with Gasteiger partial charge in [0, 0.05) is 26.1 Å². The Hall–Kier alpha value is -1.43. The van der Waals surface area contributed by atoms with Crippen molar-refractivity contribution < 1.29 is 14.4 Å². The monoisotopic (exact) mass is 431 g/mol. The molecule has 2 unspecified atom stereocenters. The summed E-state index contributed by atoms with van der Waals surface area (Å²) in [5.41, 5.74) is -0.589. The smallest absolute Gasteiger partial charge is 0.315 e. The van der Waals surface area contributed by atoms with Crippen LogP contribution in [0, 0.1) is 17.3 Å². The second-order valence-electron chi connectivity index (χ2n) is 11.0. The van der Waals surface area contributed by atoms with Crippen molar-refractivity contribution in [1.82, 2.24) is 15.1 Å². The number of carbonyl (C=O) groups excluding carboxylic acids is 3. The molecule has 2 aliphatic carbocycles. The second-order valence-corrected chi connectivity index (χ2v) is 11.0. The predicted molar refractivity (Wildman–Crippen MR) is 121 cm³/mol. The lowest BCUT2D eigenvalue weighted by Gasteiger charge is -2.41. The van der Waals surface area contributed by atoms with Crippen LogP contribution in [0.1, 0.15) is 90.4 Å². The van der Waals surface area contributed by atoms with E-state index in [4.69, 9.17) is 0 Å². The van der Waals surface area contributed by atoms with Gasteiger partial charge in [-0.1, -0.05) is 51.4 Å². The minimum atomic E-state index is -0.794. The van der Waals surface area contributed by atoms with Crippen LogP contribution in [0.15, 0.2) is 0 Å². The number of Topliss-reactive ketones (excluding diaryl/α,β-unsaturated/α-hetero) is 1. The summed E-state index contributed by atoms with van der Waals surface area (Å²) in [4.78, 5) is 42.5. The first-order chi connectivity index (χ1) is 14.9. The maximum absolute atomic E-state index is 13.4. The van der Waals surface area contributed by atoms with Crippen molar-refractivity contribution in [3.63, 3.8) is 0 Å². The number of hydrogen-bond donors (Lipinski definition) is 1. The van der Waals surface area contributed by atoms with E-state index in [0.717, 1.165) is 38.6 Å². The van der Waals surface area contributed by atoms with Gasteiger partial charge in [0.05, 0.1) is 6.54 Å². The predicted octanol–water partition coefficient (Wildman–Crippen LogP) is 4.13. The lowest BCUT2D eigenvalue weighted by atomic mass is 9.69. The first-order valence-corrected chi connectivity index (χ1v) is 12.7. The van der Waals surface area contributed by atoms with Crippen LogP contribution in [-0.2, 0) is 9.59 Å². The number of imide groups is 1. The highest BCUT2D eigenvalue weighted by atomic mass is 16.2. The number of ketones is 1. The summed E-state index contributed by atoms with van der Waals surface area (Å²) in [5.74, 6) is -0.00957. The van der Waals surface area contributed by atoms with E-state index in [2.05, 4.69) is 5.32 Å². The van der Waals surface area contributed by atoms with Gasteiger partial charge in [-0.2, -0.15) is 0 Å². The van der Waals surface area contributed by atoms with Crippen molar-refractivity contribution in [1.29, 1.82) is 0 Å². The number of carbonyl (C=O) groups is 3. The molecule has 2 aliphatic heterocycles. The molecule has 2 saturated carbocycles. The molecule has 2 saturated heterocycles. The molecule has 31 heavy (non-hydrogen) atoms. The fourth-order valence-corrected chi connectivity index (χ4v) is 6.86. The average Bonchev–Trinajstić information content (AvgIpc) is 3.38. The van der Waals surface area contributed by atoms with E-state index in [0.29, 0.717) is 6.54 Å². The molecule has 6 nitrogen and oxygen atoms in total. The Balaban J connectivity index is 1.43. The number of amides is 3. The number of rotatable bonds is 4. The van der Waals surface area contributed by atoms with Gasteiger partial charge in [-0.25, -0.2) is 4.79 Å². The molecular formula is C25H41N3O3. The van der Waals surface area contributed by atoms with E-state index in [1.54, 1.807) is 11.9 Å². The highest BCUT2D eigenvalue weighted by molar-refractivity contribution is 6.09. The van der Waals surface area contributed by atoms with Crippen molar-refractivity contribution in [2.24, 2.45) is 17.3 Å². The van der Waals surface area contributed by atoms with Gasteiger partial charge in [0.2, 0.25) is 0 Å². The van der Waals surface area contributed by atoms with Gasteiger partial charge in [-0.3, -0.25) is 14.5 Å². The topological polar surface area (TPSA) is 69.7 Å². The summed E-state index contributed by atoms with van der Waals surface area (Å²) in [6, 6.07) is -0.298. The maximum Gasteiger partial charge on any atom is 0.327 e. The van der Waals surface area contributed by atoms with Crippen LogP contribution < -0.4 is 5.32 Å². The van der Waals surface area contributed by atoms with Gasteiger partial charge >= 0.3 is 6.03 Å². The van der Waals surface area contributed by atoms with Crippen LogP contribution in [0.3, 0.4) is 0 Å². The molecule has 4 fully saturated rings. The zero-order valence-corrected chi connectivity index (χ0v) is 19.6. The van der Waals surface area contributed by atoms with E-state index in [1.165, 1.54) is 56.3 Å². The minimum Gasteiger partial charge on any atom is -0.315 e. The third kappa shape index (κ3) is 4.29. The number of likely N-dealkylation sites (N-methyl/N-ethyl adjacent to an activating group) is 1. The highest BCUT2D eigenvalue weighted by Crippen LogP contribution is 2.43. The Morgan fingerprint density at radius 2 is 1.61 bits per heavy atom. The molecule has 0 radical (unpaired) electrons. The number of piperidine rings is 1. The van der Waals surface area contributed by atoms with Crippen LogP contribution in [0.25, 0.3) is 0 Å². The van der Waals surface area contributed by atoms with E-state index < -0.39 is 5.54 Å². The largest absolute Gasteiger partial charge is 0.327 e. The maximum atomic E-state index is 13.4. The van der Waals surface area contributed by atoms with Gasteiger partial charge in [-0.15, -0.1) is 0 Å². The van der Waals surface area contributed by atoms with Gasteiger partial charge in [0.1, 0.15) is 5.54 Å². The molecule has 0 aromatic rings. The standard InChI is InChI=1S/C25H41N3O3/c1-24(20-11-7-8-12-20)22(30)28(23(31)27(24)2)17-21(29)19-15-25(18-26-16-19)13-9-5-3-4-6-10-14-25/h19-20,26H,3-18H2,1-2H3. The SMILES string of the molecule is CN1C(=O)N(CC(=O)C2CNCC3(CCCCCCCC3)C2)C(=O)C1(C)C1CCCC1. The van der Waals surface area contributed by atoms with Crippen LogP contribution in [0.5, 0.6) is 0 Å². The lowest BCUT2D eigenvalue weighted by molar-refractivity contribution is -0.138. The first-order valence-electron chi connectivity index (χ1n) is 12.7. The molecule has 0 aromatic heterocycles. The molecule has 1 spiro atoms.